The molecule has 104 valence electrons. The second-order valence-corrected chi connectivity index (χ2v) is 6.23. The van der Waals surface area contributed by atoms with Crippen LogP contribution in [-0.2, 0) is 10.3 Å². The third kappa shape index (κ3) is 2.32. The molecular weight excluding hydrogens is 242 g/mol. The van der Waals surface area contributed by atoms with Crippen molar-refractivity contribution >= 4 is 5.97 Å². The highest BCUT2D eigenvalue weighted by atomic mass is 16.5. The van der Waals surface area contributed by atoms with Crippen LogP contribution in [0.15, 0.2) is 18.2 Å². The second kappa shape index (κ2) is 4.23. The Kier molecular flexibility index (Phi) is 3.09. The summed E-state index contributed by atoms with van der Waals surface area (Å²) in [4.78, 5) is 11.6. The molecular formula is C15H21NO3. The zero-order chi connectivity index (χ0) is 14.4. The van der Waals surface area contributed by atoms with Gasteiger partial charge in [0.1, 0.15) is 16.9 Å². The second-order valence-electron chi connectivity index (χ2n) is 6.23. The van der Waals surface area contributed by atoms with Crippen LogP contribution in [0.1, 0.15) is 51.2 Å². The molecule has 0 aromatic heterocycles. The Bertz CT molecular complexity index is 522. The minimum absolute atomic E-state index is 0.254. The lowest BCUT2D eigenvalue weighted by molar-refractivity contribution is -0.147. The van der Waals surface area contributed by atoms with E-state index in [9.17, 15) is 9.90 Å². The Morgan fingerprint density at radius 3 is 2.58 bits per heavy atom. The molecule has 0 aliphatic carbocycles. The summed E-state index contributed by atoms with van der Waals surface area (Å²) >= 11 is 0. The number of nitrogens with two attached hydrogens (primary N) is 1. The predicted octanol–water partition coefficient (Wildman–Crippen LogP) is 2.61. The van der Waals surface area contributed by atoms with Gasteiger partial charge in [0, 0.05) is 12.0 Å². The lowest BCUT2D eigenvalue weighted by Crippen LogP contribution is -2.54. The fourth-order valence-corrected chi connectivity index (χ4v) is 2.64. The van der Waals surface area contributed by atoms with Crippen molar-refractivity contribution in [3.63, 3.8) is 0 Å². The van der Waals surface area contributed by atoms with Crippen LogP contribution >= 0.6 is 0 Å². The molecule has 1 aliphatic rings. The number of hydrogen-bond donors (Lipinski definition) is 2. The quantitative estimate of drug-likeness (QED) is 0.860. The Hall–Kier alpha value is -1.55. The van der Waals surface area contributed by atoms with E-state index in [2.05, 4.69) is 13.8 Å². The van der Waals surface area contributed by atoms with Crippen LogP contribution in [0, 0.1) is 0 Å². The largest absolute Gasteiger partial charge is 0.487 e. The lowest BCUT2D eigenvalue weighted by atomic mass is 9.77. The van der Waals surface area contributed by atoms with Gasteiger partial charge in [0.2, 0.25) is 0 Å². The minimum atomic E-state index is -1.39. The van der Waals surface area contributed by atoms with Crippen LogP contribution in [0.25, 0.3) is 0 Å². The molecule has 1 aliphatic heterocycles. The number of hydrogen-bond acceptors (Lipinski definition) is 3. The highest BCUT2D eigenvalue weighted by Gasteiger charge is 2.48. The lowest BCUT2D eigenvalue weighted by Gasteiger charge is -2.41. The smallest absolute Gasteiger partial charge is 0.328 e. The molecule has 0 amide bonds. The molecule has 0 saturated carbocycles. The molecule has 1 heterocycles. The van der Waals surface area contributed by atoms with Crippen LogP contribution in [0.4, 0.5) is 0 Å². The average molecular weight is 263 g/mol. The monoisotopic (exact) mass is 263 g/mol. The number of fused-ring (bicyclic) bond motifs is 1. The van der Waals surface area contributed by atoms with E-state index in [-0.39, 0.29) is 6.42 Å². The van der Waals surface area contributed by atoms with E-state index in [1.54, 1.807) is 0 Å². The van der Waals surface area contributed by atoms with Gasteiger partial charge >= 0.3 is 5.97 Å². The van der Waals surface area contributed by atoms with E-state index in [0.717, 1.165) is 5.56 Å². The molecule has 0 spiro atoms. The first-order chi connectivity index (χ1) is 8.66. The number of carboxylic acids is 1. The van der Waals surface area contributed by atoms with Crippen molar-refractivity contribution in [2.75, 3.05) is 0 Å². The molecule has 1 atom stereocenters. The van der Waals surface area contributed by atoms with Gasteiger partial charge in [-0.25, -0.2) is 4.79 Å². The topological polar surface area (TPSA) is 72.6 Å². The number of carbonyl (C=O) groups is 1. The molecule has 0 fully saturated rings. The molecule has 0 radical (unpaired) electrons. The number of benzene rings is 1. The molecule has 2 rings (SSSR count). The van der Waals surface area contributed by atoms with Crippen LogP contribution in [0.3, 0.4) is 0 Å². The summed E-state index contributed by atoms with van der Waals surface area (Å²) in [6.07, 6.45) is 0.254. The summed E-state index contributed by atoms with van der Waals surface area (Å²) in [5.41, 5.74) is 5.85. The van der Waals surface area contributed by atoms with Crippen molar-refractivity contribution in [1.82, 2.24) is 0 Å². The Balaban J connectivity index is 2.62. The van der Waals surface area contributed by atoms with Crippen LogP contribution in [0.2, 0.25) is 0 Å². The molecule has 4 heteroatoms. The van der Waals surface area contributed by atoms with E-state index >= 15 is 0 Å². The van der Waals surface area contributed by atoms with E-state index in [1.807, 2.05) is 32.0 Å². The van der Waals surface area contributed by atoms with Gasteiger partial charge in [0.05, 0.1) is 0 Å². The number of rotatable bonds is 2. The van der Waals surface area contributed by atoms with Gasteiger partial charge < -0.3 is 15.6 Å². The Morgan fingerprint density at radius 1 is 1.42 bits per heavy atom. The average Bonchev–Trinajstić information content (AvgIpc) is 2.26. The highest BCUT2D eigenvalue weighted by Crippen LogP contribution is 2.43. The number of aliphatic carboxylic acids is 1. The predicted molar refractivity (Wildman–Crippen MR) is 73.4 cm³/mol. The highest BCUT2D eigenvalue weighted by molar-refractivity contribution is 5.82. The van der Waals surface area contributed by atoms with E-state index < -0.39 is 17.1 Å². The fraction of sp³-hybridized carbons (Fsp3) is 0.533. The van der Waals surface area contributed by atoms with E-state index in [4.69, 9.17) is 10.5 Å². The molecule has 0 saturated heterocycles. The summed E-state index contributed by atoms with van der Waals surface area (Å²) in [6, 6.07) is 5.66. The van der Waals surface area contributed by atoms with Crippen molar-refractivity contribution in [3.8, 4) is 5.75 Å². The van der Waals surface area contributed by atoms with Gasteiger partial charge in [-0.2, -0.15) is 0 Å². The normalized spacial score (nSPS) is 24.7. The molecule has 4 nitrogen and oxygen atoms in total. The van der Waals surface area contributed by atoms with Crippen LogP contribution in [-0.4, -0.2) is 16.7 Å². The Morgan fingerprint density at radius 2 is 2.05 bits per heavy atom. The van der Waals surface area contributed by atoms with Crippen LogP contribution < -0.4 is 10.5 Å². The van der Waals surface area contributed by atoms with Crippen molar-refractivity contribution in [2.45, 2.75) is 51.2 Å². The molecule has 0 bridgehead atoms. The Labute approximate surface area is 113 Å². The summed E-state index contributed by atoms with van der Waals surface area (Å²) in [7, 11) is 0. The summed E-state index contributed by atoms with van der Waals surface area (Å²) in [6.45, 7) is 7.84. The molecule has 1 aromatic carbocycles. The maximum Gasteiger partial charge on any atom is 0.328 e. The fourth-order valence-electron chi connectivity index (χ4n) is 2.64. The SMILES string of the molecule is CC(C)c1ccc2c(c1)C(N)(C(=O)O)CC(C)(C)O2. The molecule has 1 unspecified atom stereocenters. The standard InChI is InChI=1S/C15H21NO3/c1-9(2)10-5-6-12-11(7-10)15(16,13(17)18)8-14(3,4)19-12/h5-7,9H,8,16H2,1-4H3,(H,17,18). The minimum Gasteiger partial charge on any atom is -0.487 e. The van der Waals surface area contributed by atoms with Crippen molar-refractivity contribution < 1.29 is 14.6 Å². The van der Waals surface area contributed by atoms with Crippen LogP contribution in [0.5, 0.6) is 5.75 Å². The van der Waals surface area contributed by atoms with Gasteiger partial charge in [-0.3, -0.25) is 0 Å². The van der Waals surface area contributed by atoms with Crippen molar-refractivity contribution in [2.24, 2.45) is 5.73 Å². The van der Waals surface area contributed by atoms with Gasteiger partial charge in [0.15, 0.2) is 0 Å². The van der Waals surface area contributed by atoms with Crippen molar-refractivity contribution in [3.05, 3.63) is 29.3 Å². The first-order valence-electron chi connectivity index (χ1n) is 6.51. The summed E-state index contributed by atoms with van der Waals surface area (Å²) in [5, 5.41) is 9.53. The number of ether oxygens (including phenoxy) is 1. The van der Waals surface area contributed by atoms with Crippen molar-refractivity contribution in [1.29, 1.82) is 0 Å². The zero-order valence-corrected chi connectivity index (χ0v) is 11.9. The van der Waals surface area contributed by atoms with Gasteiger partial charge in [-0.05, 0) is 37.5 Å². The van der Waals surface area contributed by atoms with Gasteiger partial charge in [-0.15, -0.1) is 0 Å². The molecule has 1 aromatic rings. The molecule has 3 N–H and O–H groups in total. The molecule has 19 heavy (non-hydrogen) atoms. The first-order valence-corrected chi connectivity index (χ1v) is 6.51. The first kappa shape index (κ1) is 13.9. The zero-order valence-electron chi connectivity index (χ0n) is 11.9. The van der Waals surface area contributed by atoms with E-state index in [0.29, 0.717) is 17.2 Å². The van der Waals surface area contributed by atoms with E-state index in [1.165, 1.54) is 0 Å². The van der Waals surface area contributed by atoms with Gasteiger partial charge in [-0.1, -0.05) is 19.9 Å². The number of carboxylic acid groups (broad SMARTS) is 1. The third-order valence-electron chi connectivity index (χ3n) is 3.62. The summed E-state index contributed by atoms with van der Waals surface area (Å²) in [5.74, 6) is -0.116. The third-order valence-corrected chi connectivity index (χ3v) is 3.62. The maximum atomic E-state index is 11.6. The summed E-state index contributed by atoms with van der Waals surface area (Å²) < 4.78 is 5.86. The maximum absolute atomic E-state index is 11.6. The van der Waals surface area contributed by atoms with Gasteiger partial charge in [0.25, 0.3) is 0 Å².